The first-order valence-electron chi connectivity index (χ1n) is 6.93. The van der Waals surface area contributed by atoms with Crippen LogP contribution in [0.3, 0.4) is 0 Å². The summed E-state index contributed by atoms with van der Waals surface area (Å²) in [5.41, 5.74) is 6.11. The molecule has 0 saturated carbocycles. The van der Waals surface area contributed by atoms with Crippen LogP contribution < -0.4 is 5.73 Å². The highest BCUT2D eigenvalue weighted by atomic mass is 35.5. The van der Waals surface area contributed by atoms with E-state index in [0.717, 1.165) is 32.5 Å². The SMILES string of the molecule is CCC1CN(C)CCCN1C(=O)c1cc(N)ncc1Cl. The van der Waals surface area contributed by atoms with Crippen molar-refractivity contribution in [1.82, 2.24) is 14.8 Å². The van der Waals surface area contributed by atoms with Crippen molar-refractivity contribution < 1.29 is 4.79 Å². The molecule has 1 fully saturated rings. The third kappa shape index (κ3) is 3.22. The fraction of sp³-hybridized carbons (Fsp3) is 0.571. The number of carbonyl (C=O) groups excluding carboxylic acids is 1. The number of nitrogen functional groups attached to an aromatic ring is 1. The molecule has 2 rings (SSSR count). The lowest BCUT2D eigenvalue weighted by Crippen LogP contribution is -2.43. The molecular formula is C14H21ClN4O. The zero-order valence-electron chi connectivity index (χ0n) is 12.0. The molecule has 1 saturated heterocycles. The number of rotatable bonds is 2. The summed E-state index contributed by atoms with van der Waals surface area (Å²) in [5, 5.41) is 0.358. The second-order valence-corrected chi connectivity index (χ2v) is 5.67. The quantitative estimate of drug-likeness (QED) is 0.905. The molecule has 1 aromatic heterocycles. The molecule has 0 aromatic carbocycles. The van der Waals surface area contributed by atoms with Gasteiger partial charge in [0.25, 0.3) is 5.91 Å². The number of aromatic nitrogens is 1. The van der Waals surface area contributed by atoms with Crippen molar-refractivity contribution in [3.63, 3.8) is 0 Å². The lowest BCUT2D eigenvalue weighted by atomic mass is 10.1. The fourth-order valence-corrected chi connectivity index (χ4v) is 2.82. The summed E-state index contributed by atoms with van der Waals surface area (Å²) in [5.74, 6) is 0.268. The average Bonchev–Trinajstić information content (AvgIpc) is 2.62. The highest BCUT2D eigenvalue weighted by Crippen LogP contribution is 2.22. The molecule has 1 atom stereocenters. The second-order valence-electron chi connectivity index (χ2n) is 5.27. The van der Waals surface area contributed by atoms with E-state index in [2.05, 4.69) is 23.9 Å². The molecule has 1 aliphatic heterocycles. The summed E-state index contributed by atoms with van der Waals surface area (Å²) in [4.78, 5) is 20.8. The Morgan fingerprint density at radius 1 is 1.55 bits per heavy atom. The van der Waals surface area contributed by atoms with Gasteiger partial charge < -0.3 is 15.5 Å². The Balaban J connectivity index is 2.27. The molecule has 2 N–H and O–H groups in total. The number of hydrogen-bond donors (Lipinski definition) is 1. The molecular weight excluding hydrogens is 276 g/mol. The Bertz CT molecular complexity index is 494. The number of halogens is 1. The summed E-state index contributed by atoms with van der Waals surface area (Å²) in [6.45, 7) is 4.75. The van der Waals surface area contributed by atoms with Crippen molar-refractivity contribution in [3.8, 4) is 0 Å². The zero-order valence-corrected chi connectivity index (χ0v) is 12.7. The predicted octanol–water partition coefficient (Wildman–Crippen LogP) is 1.87. The van der Waals surface area contributed by atoms with Gasteiger partial charge in [0.15, 0.2) is 0 Å². The van der Waals surface area contributed by atoms with Crippen LogP contribution in [0.1, 0.15) is 30.1 Å². The summed E-state index contributed by atoms with van der Waals surface area (Å²) in [6.07, 6.45) is 3.33. The van der Waals surface area contributed by atoms with Gasteiger partial charge in [-0.15, -0.1) is 0 Å². The van der Waals surface area contributed by atoms with E-state index in [1.165, 1.54) is 6.20 Å². The van der Waals surface area contributed by atoms with E-state index in [0.29, 0.717) is 16.4 Å². The Morgan fingerprint density at radius 3 is 3.00 bits per heavy atom. The highest BCUT2D eigenvalue weighted by molar-refractivity contribution is 6.33. The van der Waals surface area contributed by atoms with Crippen molar-refractivity contribution in [1.29, 1.82) is 0 Å². The predicted molar refractivity (Wildman–Crippen MR) is 80.9 cm³/mol. The standard InChI is InChI=1S/C14H21ClN4O/c1-3-10-9-18(2)5-4-6-19(10)14(20)11-7-13(16)17-8-12(11)15/h7-8,10H,3-6,9H2,1-2H3,(H2,16,17). The van der Waals surface area contributed by atoms with Crippen LogP contribution in [0.25, 0.3) is 0 Å². The first kappa shape index (κ1) is 15.1. The molecule has 20 heavy (non-hydrogen) atoms. The number of likely N-dealkylation sites (N-methyl/N-ethyl adjacent to an activating group) is 1. The number of pyridine rings is 1. The first-order valence-corrected chi connectivity index (χ1v) is 7.31. The van der Waals surface area contributed by atoms with Gasteiger partial charge in [-0.25, -0.2) is 4.98 Å². The van der Waals surface area contributed by atoms with Crippen LogP contribution in [0.15, 0.2) is 12.3 Å². The number of anilines is 1. The largest absolute Gasteiger partial charge is 0.384 e. The van der Waals surface area contributed by atoms with Crippen molar-refractivity contribution in [2.45, 2.75) is 25.8 Å². The van der Waals surface area contributed by atoms with Crippen molar-refractivity contribution in [2.75, 3.05) is 32.4 Å². The normalized spacial score (nSPS) is 20.8. The minimum absolute atomic E-state index is 0.0498. The van der Waals surface area contributed by atoms with Crippen LogP contribution in [0.5, 0.6) is 0 Å². The van der Waals surface area contributed by atoms with Gasteiger partial charge in [-0.2, -0.15) is 0 Å². The Hall–Kier alpha value is -1.33. The van der Waals surface area contributed by atoms with Crippen LogP contribution in [-0.2, 0) is 0 Å². The monoisotopic (exact) mass is 296 g/mol. The lowest BCUT2D eigenvalue weighted by Gasteiger charge is -2.30. The van der Waals surface area contributed by atoms with E-state index in [1.54, 1.807) is 6.07 Å². The molecule has 0 aliphatic carbocycles. The van der Waals surface area contributed by atoms with Crippen molar-refractivity contribution in [3.05, 3.63) is 22.8 Å². The zero-order chi connectivity index (χ0) is 14.7. The molecule has 1 aromatic rings. The van der Waals surface area contributed by atoms with E-state index in [4.69, 9.17) is 17.3 Å². The third-order valence-corrected chi connectivity index (χ3v) is 4.04. The molecule has 0 spiro atoms. The molecule has 5 nitrogen and oxygen atoms in total. The number of hydrogen-bond acceptors (Lipinski definition) is 4. The molecule has 1 unspecified atom stereocenters. The van der Waals surface area contributed by atoms with Gasteiger partial charge in [0.2, 0.25) is 0 Å². The van der Waals surface area contributed by atoms with E-state index in [-0.39, 0.29) is 11.9 Å². The Labute approximate surface area is 124 Å². The smallest absolute Gasteiger partial charge is 0.255 e. The number of amides is 1. The van der Waals surface area contributed by atoms with Crippen molar-refractivity contribution in [2.24, 2.45) is 0 Å². The molecule has 1 aliphatic rings. The van der Waals surface area contributed by atoms with Crippen molar-refractivity contribution >= 4 is 23.3 Å². The van der Waals surface area contributed by atoms with E-state index < -0.39 is 0 Å². The number of carbonyl (C=O) groups is 1. The minimum atomic E-state index is -0.0498. The van der Waals surface area contributed by atoms with Crippen LogP contribution in [0.4, 0.5) is 5.82 Å². The molecule has 1 amide bonds. The van der Waals surface area contributed by atoms with E-state index in [1.807, 2.05) is 4.90 Å². The highest BCUT2D eigenvalue weighted by Gasteiger charge is 2.28. The molecule has 110 valence electrons. The van der Waals surface area contributed by atoms with Crippen LogP contribution in [0, 0.1) is 0 Å². The van der Waals surface area contributed by atoms with E-state index in [9.17, 15) is 4.79 Å². The Morgan fingerprint density at radius 2 is 2.30 bits per heavy atom. The summed E-state index contributed by atoms with van der Waals surface area (Å²) in [7, 11) is 2.09. The molecule has 0 bridgehead atoms. The maximum absolute atomic E-state index is 12.7. The van der Waals surface area contributed by atoms with Crippen LogP contribution in [0.2, 0.25) is 5.02 Å². The maximum Gasteiger partial charge on any atom is 0.255 e. The minimum Gasteiger partial charge on any atom is -0.384 e. The molecule has 0 radical (unpaired) electrons. The maximum atomic E-state index is 12.7. The van der Waals surface area contributed by atoms with Gasteiger partial charge in [-0.05, 0) is 32.5 Å². The fourth-order valence-electron chi connectivity index (χ4n) is 2.63. The Kier molecular flexibility index (Phi) is 4.83. The second kappa shape index (κ2) is 6.41. The number of nitrogens with zero attached hydrogens (tertiary/aromatic N) is 3. The van der Waals surface area contributed by atoms with Gasteiger partial charge in [0.05, 0.1) is 10.6 Å². The van der Waals surface area contributed by atoms with Gasteiger partial charge in [-0.1, -0.05) is 18.5 Å². The molecule has 6 heteroatoms. The lowest BCUT2D eigenvalue weighted by molar-refractivity contribution is 0.0676. The topological polar surface area (TPSA) is 62.5 Å². The van der Waals surface area contributed by atoms with Crippen LogP contribution >= 0.6 is 11.6 Å². The van der Waals surface area contributed by atoms with Gasteiger partial charge >= 0.3 is 0 Å². The third-order valence-electron chi connectivity index (χ3n) is 3.74. The summed E-state index contributed by atoms with van der Waals surface area (Å²) < 4.78 is 0. The summed E-state index contributed by atoms with van der Waals surface area (Å²) >= 11 is 6.09. The van der Waals surface area contributed by atoms with Gasteiger partial charge in [0.1, 0.15) is 5.82 Å². The molecule has 2 heterocycles. The average molecular weight is 297 g/mol. The van der Waals surface area contributed by atoms with E-state index >= 15 is 0 Å². The number of nitrogens with two attached hydrogens (primary N) is 1. The first-order chi connectivity index (χ1) is 9.52. The van der Waals surface area contributed by atoms with Gasteiger partial charge in [-0.3, -0.25) is 4.79 Å². The summed E-state index contributed by atoms with van der Waals surface area (Å²) in [6, 6.07) is 1.77. The van der Waals surface area contributed by atoms with Gasteiger partial charge in [0, 0.05) is 25.3 Å². The van der Waals surface area contributed by atoms with Crippen LogP contribution in [-0.4, -0.2) is 53.4 Å².